The number of carboxylic acids is 1. The summed E-state index contributed by atoms with van der Waals surface area (Å²) in [5.74, 6) is -0.370. The smallest absolute Gasteiger partial charge is 0.335 e. The van der Waals surface area contributed by atoms with Gasteiger partial charge in [0.15, 0.2) is 5.82 Å². The first-order valence-electron chi connectivity index (χ1n) is 5.17. The summed E-state index contributed by atoms with van der Waals surface area (Å²) in [6, 6.07) is 4.51. The van der Waals surface area contributed by atoms with Gasteiger partial charge in [0.25, 0.3) is 0 Å². The fraction of sp³-hybridized carbons (Fsp3) is 0.182. The van der Waals surface area contributed by atoms with Crippen molar-refractivity contribution in [2.45, 2.75) is 6.54 Å². The molecular formula is C11H11ClN4O2. The lowest BCUT2D eigenvalue weighted by Crippen LogP contribution is -2.04. The number of nitrogens with zero attached hydrogens (tertiary/aromatic N) is 3. The molecule has 6 nitrogen and oxygen atoms in total. The minimum atomic E-state index is -1.00. The summed E-state index contributed by atoms with van der Waals surface area (Å²) < 4.78 is 1.60. The molecule has 0 aliphatic rings. The molecule has 1 aromatic heterocycles. The predicted octanol–water partition coefficient (Wildman–Crippen LogP) is 1.78. The van der Waals surface area contributed by atoms with Crippen LogP contribution in [-0.2, 0) is 13.6 Å². The lowest BCUT2D eigenvalue weighted by Gasteiger charge is -2.06. The van der Waals surface area contributed by atoms with Gasteiger partial charge in [-0.15, -0.1) is 0 Å². The van der Waals surface area contributed by atoms with Crippen molar-refractivity contribution >= 4 is 23.3 Å². The molecule has 7 heteroatoms. The monoisotopic (exact) mass is 266 g/mol. The van der Waals surface area contributed by atoms with Gasteiger partial charge in [-0.3, -0.25) is 4.68 Å². The first kappa shape index (κ1) is 12.4. The molecular weight excluding hydrogens is 256 g/mol. The van der Waals surface area contributed by atoms with Crippen molar-refractivity contribution in [1.82, 2.24) is 14.8 Å². The molecule has 0 atom stereocenters. The summed E-state index contributed by atoms with van der Waals surface area (Å²) in [5, 5.41) is 16.3. The summed E-state index contributed by atoms with van der Waals surface area (Å²) in [6.45, 7) is 0.424. The summed E-state index contributed by atoms with van der Waals surface area (Å²) in [7, 11) is 1.78. The molecule has 0 spiro atoms. The second-order valence-corrected chi connectivity index (χ2v) is 4.09. The van der Waals surface area contributed by atoms with Crippen molar-refractivity contribution in [3.05, 3.63) is 40.9 Å². The Morgan fingerprint density at radius 2 is 2.33 bits per heavy atom. The van der Waals surface area contributed by atoms with E-state index in [0.717, 1.165) is 0 Å². The molecule has 2 N–H and O–H groups in total. The Kier molecular flexibility index (Phi) is 3.47. The molecule has 0 aliphatic carbocycles. The van der Waals surface area contributed by atoms with Crippen molar-refractivity contribution in [2.75, 3.05) is 5.32 Å². The molecule has 0 bridgehead atoms. The van der Waals surface area contributed by atoms with E-state index in [2.05, 4.69) is 15.4 Å². The number of aromatic nitrogens is 3. The van der Waals surface area contributed by atoms with E-state index >= 15 is 0 Å². The number of hydrogen-bond donors (Lipinski definition) is 2. The zero-order valence-electron chi connectivity index (χ0n) is 9.59. The van der Waals surface area contributed by atoms with Gasteiger partial charge in [0.05, 0.1) is 22.8 Å². The first-order chi connectivity index (χ1) is 8.56. The highest BCUT2D eigenvalue weighted by Crippen LogP contribution is 2.23. The number of halogens is 1. The van der Waals surface area contributed by atoms with Crippen LogP contribution in [0.25, 0.3) is 0 Å². The van der Waals surface area contributed by atoms with Crippen LogP contribution in [0.3, 0.4) is 0 Å². The fourth-order valence-electron chi connectivity index (χ4n) is 1.43. The average Bonchev–Trinajstić information content (AvgIpc) is 2.73. The van der Waals surface area contributed by atoms with Gasteiger partial charge in [-0.05, 0) is 18.2 Å². The van der Waals surface area contributed by atoms with E-state index in [4.69, 9.17) is 16.7 Å². The van der Waals surface area contributed by atoms with Crippen molar-refractivity contribution < 1.29 is 9.90 Å². The molecule has 2 aromatic rings. The summed E-state index contributed by atoms with van der Waals surface area (Å²) in [6.07, 6.45) is 1.60. The Balaban J connectivity index is 2.08. The van der Waals surface area contributed by atoms with E-state index in [-0.39, 0.29) is 5.56 Å². The van der Waals surface area contributed by atoms with Crippen LogP contribution in [0, 0.1) is 0 Å². The largest absolute Gasteiger partial charge is 0.478 e. The van der Waals surface area contributed by atoms with Crippen LogP contribution in [0.2, 0.25) is 5.02 Å². The molecule has 0 amide bonds. The van der Waals surface area contributed by atoms with Crippen LogP contribution >= 0.6 is 11.6 Å². The Morgan fingerprint density at radius 1 is 1.56 bits per heavy atom. The van der Waals surface area contributed by atoms with E-state index in [9.17, 15) is 4.79 Å². The molecule has 1 aromatic carbocycles. The minimum absolute atomic E-state index is 0.154. The zero-order valence-corrected chi connectivity index (χ0v) is 10.3. The normalized spacial score (nSPS) is 10.3. The second kappa shape index (κ2) is 5.05. The van der Waals surface area contributed by atoms with Crippen molar-refractivity contribution in [2.24, 2.45) is 7.05 Å². The van der Waals surface area contributed by atoms with Gasteiger partial charge in [-0.25, -0.2) is 9.78 Å². The topological polar surface area (TPSA) is 80.0 Å². The number of aryl methyl sites for hydroxylation is 1. The highest BCUT2D eigenvalue weighted by molar-refractivity contribution is 6.33. The third-order valence-electron chi connectivity index (χ3n) is 2.30. The maximum absolute atomic E-state index is 10.7. The number of carbonyl (C=O) groups is 1. The van der Waals surface area contributed by atoms with Crippen LogP contribution < -0.4 is 5.32 Å². The van der Waals surface area contributed by atoms with Crippen molar-refractivity contribution in [3.8, 4) is 0 Å². The predicted molar refractivity (Wildman–Crippen MR) is 66.7 cm³/mol. The molecule has 0 aliphatic heterocycles. The molecule has 0 saturated carbocycles. The van der Waals surface area contributed by atoms with E-state index < -0.39 is 5.97 Å². The van der Waals surface area contributed by atoms with Crippen LogP contribution in [0.5, 0.6) is 0 Å². The number of nitrogens with one attached hydrogen (secondary N) is 1. The molecule has 2 rings (SSSR count). The second-order valence-electron chi connectivity index (χ2n) is 3.69. The number of rotatable bonds is 4. The van der Waals surface area contributed by atoms with Gasteiger partial charge in [-0.2, -0.15) is 5.10 Å². The van der Waals surface area contributed by atoms with Crippen LogP contribution in [0.4, 0.5) is 5.69 Å². The van der Waals surface area contributed by atoms with Gasteiger partial charge < -0.3 is 10.4 Å². The third kappa shape index (κ3) is 2.78. The molecule has 94 valence electrons. The number of hydrogen-bond acceptors (Lipinski definition) is 4. The lowest BCUT2D eigenvalue weighted by atomic mass is 10.2. The van der Waals surface area contributed by atoms with Gasteiger partial charge >= 0.3 is 5.97 Å². The Hall–Kier alpha value is -2.08. The third-order valence-corrected chi connectivity index (χ3v) is 2.61. The van der Waals surface area contributed by atoms with Crippen molar-refractivity contribution in [3.63, 3.8) is 0 Å². The summed E-state index contributed by atoms with van der Waals surface area (Å²) >= 11 is 5.97. The minimum Gasteiger partial charge on any atom is -0.478 e. The Morgan fingerprint density at radius 3 is 2.89 bits per heavy atom. The zero-order chi connectivity index (χ0) is 13.1. The molecule has 1 heterocycles. The maximum Gasteiger partial charge on any atom is 0.335 e. The highest BCUT2D eigenvalue weighted by Gasteiger charge is 2.07. The van der Waals surface area contributed by atoms with Gasteiger partial charge in [0, 0.05) is 7.05 Å². The van der Waals surface area contributed by atoms with Gasteiger partial charge in [0.1, 0.15) is 6.33 Å². The number of anilines is 1. The SMILES string of the molecule is Cn1cnc(CNc2ccc(C(=O)O)cc2Cl)n1. The molecule has 0 radical (unpaired) electrons. The van der Waals surface area contributed by atoms with E-state index in [0.29, 0.717) is 23.1 Å². The van der Waals surface area contributed by atoms with Gasteiger partial charge in [0.2, 0.25) is 0 Å². The Labute approximate surface area is 108 Å². The molecule has 18 heavy (non-hydrogen) atoms. The summed E-state index contributed by atoms with van der Waals surface area (Å²) in [4.78, 5) is 14.8. The molecule has 0 fully saturated rings. The van der Waals surface area contributed by atoms with Crippen molar-refractivity contribution in [1.29, 1.82) is 0 Å². The quantitative estimate of drug-likeness (QED) is 0.882. The Bertz CT molecular complexity index is 582. The van der Waals surface area contributed by atoms with Gasteiger partial charge in [-0.1, -0.05) is 11.6 Å². The fourth-order valence-corrected chi connectivity index (χ4v) is 1.68. The standard InChI is InChI=1S/C11H11ClN4O2/c1-16-6-14-10(15-16)5-13-9-3-2-7(11(17)18)4-8(9)12/h2-4,6,13H,5H2,1H3,(H,17,18). The lowest BCUT2D eigenvalue weighted by molar-refractivity contribution is 0.0697. The highest BCUT2D eigenvalue weighted by atomic mass is 35.5. The number of aromatic carboxylic acids is 1. The molecule has 0 saturated heterocycles. The van der Waals surface area contributed by atoms with Crippen LogP contribution in [0.15, 0.2) is 24.5 Å². The van der Waals surface area contributed by atoms with Crippen LogP contribution in [-0.4, -0.2) is 25.8 Å². The number of carboxylic acid groups (broad SMARTS) is 1. The van der Waals surface area contributed by atoms with E-state index in [1.807, 2.05) is 0 Å². The molecule has 0 unspecified atom stereocenters. The van der Waals surface area contributed by atoms with Crippen LogP contribution in [0.1, 0.15) is 16.2 Å². The number of benzene rings is 1. The van der Waals surface area contributed by atoms with E-state index in [1.54, 1.807) is 24.1 Å². The maximum atomic E-state index is 10.7. The van der Waals surface area contributed by atoms with E-state index in [1.165, 1.54) is 12.1 Å². The summed E-state index contributed by atoms with van der Waals surface area (Å²) in [5.41, 5.74) is 0.802. The first-order valence-corrected chi connectivity index (χ1v) is 5.55. The average molecular weight is 267 g/mol.